The number of pyridine rings is 2. The van der Waals surface area contributed by atoms with Crippen LogP contribution >= 0.6 is 0 Å². The number of nitrogens with two attached hydrogens (primary N) is 1. The lowest BCUT2D eigenvalue weighted by Gasteiger charge is -2.22. The Morgan fingerprint density at radius 1 is 0.582 bits per heavy atom. The van der Waals surface area contributed by atoms with E-state index in [2.05, 4.69) is 166 Å². The smallest absolute Gasteiger partial charge is 0.0974 e. The maximum Gasteiger partial charge on any atom is 0.0974 e. The van der Waals surface area contributed by atoms with Gasteiger partial charge in [-0.25, -0.2) is 0 Å². The molecule has 0 saturated carbocycles. The molecule has 2 aromatic heterocycles. The average Bonchev–Trinajstić information content (AvgIpc) is 3.23. The number of benzene rings is 6. The number of hydrogen-bond acceptors (Lipinski definition) is 3. The molecular formula is C52H45N3. The van der Waals surface area contributed by atoms with Crippen molar-refractivity contribution in [2.75, 3.05) is 0 Å². The number of allylic oxidation sites excluding steroid dienone is 2. The summed E-state index contributed by atoms with van der Waals surface area (Å²) in [5.41, 5.74) is 23.0. The molecule has 3 heteroatoms. The second-order valence-electron chi connectivity index (χ2n) is 14.7. The highest BCUT2D eigenvalue weighted by Gasteiger charge is 2.19. The first kappa shape index (κ1) is 35.4. The van der Waals surface area contributed by atoms with Gasteiger partial charge < -0.3 is 5.73 Å². The summed E-state index contributed by atoms with van der Waals surface area (Å²) in [6, 6.07) is 58.1. The van der Waals surface area contributed by atoms with Crippen molar-refractivity contribution in [3.63, 3.8) is 0 Å². The molecule has 2 N–H and O–H groups in total. The summed E-state index contributed by atoms with van der Waals surface area (Å²) in [5.74, 6) is 0.200. The van der Waals surface area contributed by atoms with Crippen LogP contribution in [0.25, 0.3) is 60.9 Å². The van der Waals surface area contributed by atoms with Crippen LogP contribution in [0, 0.1) is 13.8 Å². The van der Waals surface area contributed by atoms with Crippen molar-refractivity contribution in [3.8, 4) is 33.4 Å². The molecule has 0 bridgehead atoms. The molecule has 0 saturated heterocycles. The number of nitrogens with zero attached hydrogens (tertiary/aromatic N) is 2. The zero-order chi connectivity index (χ0) is 37.9. The third kappa shape index (κ3) is 7.60. The standard InChI is InChI=1S/C52H45N3/c1-34(38-23-25-40(26-24-38)39-13-7-5-8-14-39)29-35(2)48(33-50(53)41-15-9-6-10-16-41)45-19-11-17-43(31-45)44-18-12-20-46(32-44)49-30-37(4)55-52-47(49)28-27-42-22-21-36(3)54-51(42)52/h5-28,30-34,48H,2,29,53H2,1,3-4H3/b50-33-. The van der Waals surface area contributed by atoms with E-state index in [1.807, 2.05) is 25.1 Å². The Labute approximate surface area is 324 Å². The number of aromatic nitrogens is 2. The Bertz CT molecular complexity index is 2670. The molecule has 0 aliphatic rings. The summed E-state index contributed by atoms with van der Waals surface area (Å²) in [6.07, 6.45) is 3.01. The van der Waals surface area contributed by atoms with Gasteiger partial charge in [0.1, 0.15) is 0 Å². The van der Waals surface area contributed by atoms with E-state index in [4.69, 9.17) is 22.3 Å². The lowest BCUT2D eigenvalue weighted by Crippen LogP contribution is -2.07. The van der Waals surface area contributed by atoms with E-state index in [1.54, 1.807) is 0 Å². The third-order valence-electron chi connectivity index (χ3n) is 10.7. The van der Waals surface area contributed by atoms with E-state index in [0.717, 1.165) is 84.3 Å². The average molecular weight is 712 g/mol. The molecule has 55 heavy (non-hydrogen) atoms. The van der Waals surface area contributed by atoms with E-state index >= 15 is 0 Å². The molecule has 2 atom stereocenters. The lowest BCUT2D eigenvalue weighted by molar-refractivity contribution is 0.720. The van der Waals surface area contributed by atoms with Crippen LogP contribution in [0.3, 0.4) is 0 Å². The van der Waals surface area contributed by atoms with Crippen LogP contribution in [-0.2, 0) is 0 Å². The summed E-state index contributed by atoms with van der Waals surface area (Å²) in [7, 11) is 0. The molecule has 3 nitrogen and oxygen atoms in total. The summed E-state index contributed by atoms with van der Waals surface area (Å²) in [5, 5.41) is 2.20. The number of fused-ring (bicyclic) bond motifs is 3. The number of aryl methyl sites for hydroxylation is 2. The zero-order valence-corrected chi connectivity index (χ0v) is 31.7. The molecule has 0 aliphatic heterocycles. The van der Waals surface area contributed by atoms with Crippen molar-refractivity contribution in [1.82, 2.24) is 9.97 Å². The van der Waals surface area contributed by atoms with Gasteiger partial charge >= 0.3 is 0 Å². The fraction of sp³-hybridized carbons (Fsp3) is 0.115. The Hall–Kier alpha value is -6.58. The van der Waals surface area contributed by atoms with E-state index in [0.29, 0.717) is 0 Å². The number of rotatable bonds is 10. The zero-order valence-electron chi connectivity index (χ0n) is 31.7. The molecule has 6 aromatic carbocycles. The first-order valence-electron chi connectivity index (χ1n) is 19.0. The largest absolute Gasteiger partial charge is 0.398 e. The molecular weight excluding hydrogens is 667 g/mol. The van der Waals surface area contributed by atoms with Crippen molar-refractivity contribution in [2.24, 2.45) is 5.73 Å². The van der Waals surface area contributed by atoms with Gasteiger partial charge in [-0.1, -0.05) is 165 Å². The fourth-order valence-corrected chi connectivity index (χ4v) is 7.74. The van der Waals surface area contributed by atoms with Crippen molar-refractivity contribution in [3.05, 3.63) is 210 Å². The molecule has 8 rings (SSSR count). The van der Waals surface area contributed by atoms with E-state index < -0.39 is 0 Å². The first-order valence-corrected chi connectivity index (χ1v) is 19.0. The fourth-order valence-electron chi connectivity index (χ4n) is 7.74. The molecule has 0 aliphatic carbocycles. The molecule has 2 unspecified atom stereocenters. The van der Waals surface area contributed by atoms with Crippen molar-refractivity contribution >= 4 is 27.5 Å². The van der Waals surface area contributed by atoms with Crippen LogP contribution in [0.2, 0.25) is 0 Å². The van der Waals surface area contributed by atoms with E-state index in [9.17, 15) is 0 Å². The Kier molecular flexibility index (Phi) is 9.93. The van der Waals surface area contributed by atoms with Crippen LogP contribution in [0.15, 0.2) is 182 Å². The van der Waals surface area contributed by atoms with Gasteiger partial charge in [-0.3, -0.25) is 9.97 Å². The summed E-state index contributed by atoms with van der Waals surface area (Å²) >= 11 is 0. The van der Waals surface area contributed by atoms with Gasteiger partial charge in [0.25, 0.3) is 0 Å². The van der Waals surface area contributed by atoms with Gasteiger partial charge in [0.15, 0.2) is 0 Å². The predicted molar refractivity (Wildman–Crippen MR) is 233 cm³/mol. The monoisotopic (exact) mass is 711 g/mol. The minimum Gasteiger partial charge on any atom is -0.398 e. The maximum atomic E-state index is 6.83. The predicted octanol–water partition coefficient (Wildman–Crippen LogP) is 13.2. The van der Waals surface area contributed by atoms with Gasteiger partial charge in [0.05, 0.1) is 11.0 Å². The SMILES string of the molecule is C=C(CC(C)c1ccc(-c2ccccc2)cc1)C(/C=C(\N)c1ccccc1)c1cccc(-c2cccc(-c3cc(C)nc4c3ccc3ccc(C)nc34)c2)c1. The van der Waals surface area contributed by atoms with E-state index in [1.165, 1.54) is 16.7 Å². The Balaban J connectivity index is 1.13. The van der Waals surface area contributed by atoms with Crippen molar-refractivity contribution in [2.45, 2.75) is 39.0 Å². The summed E-state index contributed by atoms with van der Waals surface area (Å²) in [6.45, 7) is 11.1. The van der Waals surface area contributed by atoms with Crippen LogP contribution in [0.5, 0.6) is 0 Å². The van der Waals surface area contributed by atoms with Gasteiger partial charge in [-0.05, 0) is 101 Å². The van der Waals surface area contributed by atoms with Crippen molar-refractivity contribution < 1.29 is 0 Å². The first-order chi connectivity index (χ1) is 26.8. The molecule has 0 radical (unpaired) electrons. The molecule has 2 heterocycles. The summed E-state index contributed by atoms with van der Waals surface area (Å²) in [4.78, 5) is 9.87. The lowest BCUT2D eigenvalue weighted by atomic mass is 9.82. The third-order valence-corrected chi connectivity index (χ3v) is 10.7. The Morgan fingerprint density at radius 2 is 1.20 bits per heavy atom. The minimum atomic E-state index is -0.0783. The van der Waals surface area contributed by atoms with Gasteiger partial charge in [-0.2, -0.15) is 0 Å². The van der Waals surface area contributed by atoms with Gasteiger partial charge in [0.2, 0.25) is 0 Å². The molecule has 0 amide bonds. The van der Waals surface area contributed by atoms with Crippen molar-refractivity contribution in [1.29, 1.82) is 0 Å². The van der Waals surface area contributed by atoms with Crippen LogP contribution < -0.4 is 5.73 Å². The Morgan fingerprint density at radius 3 is 1.96 bits per heavy atom. The quantitative estimate of drug-likeness (QED) is 0.113. The van der Waals surface area contributed by atoms with Crippen LogP contribution in [-0.4, -0.2) is 9.97 Å². The second kappa shape index (κ2) is 15.4. The van der Waals surface area contributed by atoms with E-state index in [-0.39, 0.29) is 11.8 Å². The van der Waals surface area contributed by atoms with Gasteiger partial charge in [-0.15, -0.1) is 0 Å². The van der Waals surface area contributed by atoms with Gasteiger partial charge in [0, 0.05) is 33.8 Å². The summed E-state index contributed by atoms with van der Waals surface area (Å²) < 4.78 is 0. The molecule has 0 fully saturated rings. The minimum absolute atomic E-state index is 0.0783. The number of hydrogen-bond donors (Lipinski definition) is 1. The highest BCUT2D eigenvalue weighted by atomic mass is 14.8. The molecule has 8 aromatic rings. The van der Waals surface area contributed by atoms with Crippen LogP contribution in [0.4, 0.5) is 0 Å². The normalized spacial score (nSPS) is 12.8. The highest BCUT2D eigenvalue weighted by Crippen LogP contribution is 2.38. The topological polar surface area (TPSA) is 51.8 Å². The molecule has 0 spiro atoms. The van der Waals surface area contributed by atoms with Crippen LogP contribution in [0.1, 0.15) is 53.3 Å². The highest BCUT2D eigenvalue weighted by molar-refractivity contribution is 6.08. The molecule has 268 valence electrons. The second-order valence-corrected chi connectivity index (χ2v) is 14.7. The maximum absolute atomic E-state index is 6.83.